The summed E-state index contributed by atoms with van der Waals surface area (Å²) in [6.07, 6.45) is 2.04. The van der Waals surface area contributed by atoms with Crippen LogP contribution in [0.25, 0.3) is 0 Å². The maximum Gasteiger partial charge on any atom is 0.335 e. The van der Waals surface area contributed by atoms with E-state index in [4.69, 9.17) is 4.18 Å². The lowest BCUT2D eigenvalue weighted by atomic mass is 9.90. The molecule has 0 saturated heterocycles. The second-order valence-electron chi connectivity index (χ2n) is 3.89. The van der Waals surface area contributed by atoms with Crippen LogP contribution in [0.15, 0.2) is 24.3 Å². The normalized spacial score (nSPS) is 20.4. The third-order valence-corrected chi connectivity index (χ3v) is 3.84. The predicted octanol–water partition coefficient (Wildman–Crippen LogP) is 1.02. The highest BCUT2D eigenvalue weighted by atomic mass is 32.2. The summed E-state index contributed by atoms with van der Waals surface area (Å²) in [5, 5.41) is 0. The molecule has 1 aromatic rings. The molecule has 1 N–H and O–H groups in total. The number of hydrogen-bond acceptors (Lipinski definition) is 3. The van der Waals surface area contributed by atoms with Gasteiger partial charge in [-0.2, -0.15) is 13.1 Å². The van der Waals surface area contributed by atoms with E-state index in [9.17, 15) is 8.42 Å². The topological polar surface area (TPSA) is 55.4 Å². The molecule has 0 bridgehead atoms. The average Bonchev–Trinajstić information content (AvgIpc) is 2.28. The predicted molar refractivity (Wildman–Crippen MR) is 61.3 cm³/mol. The molecule has 0 amide bonds. The molecule has 1 atom stereocenters. The van der Waals surface area contributed by atoms with Gasteiger partial charge in [0.25, 0.3) is 0 Å². The van der Waals surface area contributed by atoms with E-state index >= 15 is 0 Å². The molecule has 0 spiro atoms. The Kier molecular flexibility index (Phi) is 3.28. The molecule has 2 rings (SSSR count). The van der Waals surface area contributed by atoms with Crippen LogP contribution in [0.1, 0.15) is 17.5 Å². The molecule has 88 valence electrons. The minimum absolute atomic E-state index is 0.243. The number of fused-ring (bicyclic) bond motifs is 1. The quantitative estimate of drug-likeness (QED) is 0.859. The van der Waals surface area contributed by atoms with Crippen LogP contribution in [0, 0.1) is 0 Å². The zero-order valence-corrected chi connectivity index (χ0v) is 9.96. The molecule has 1 unspecified atom stereocenters. The molecule has 5 heteroatoms. The van der Waals surface area contributed by atoms with E-state index in [1.54, 1.807) is 0 Å². The second-order valence-corrected chi connectivity index (χ2v) is 5.40. The van der Waals surface area contributed by atoms with Crippen LogP contribution in [-0.2, 0) is 27.3 Å². The lowest BCUT2D eigenvalue weighted by molar-refractivity contribution is 0.189. The van der Waals surface area contributed by atoms with Crippen molar-refractivity contribution in [2.24, 2.45) is 0 Å². The molecule has 0 saturated carbocycles. The molecule has 0 fully saturated rings. The van der Waals surface area contributed by atoms with Crippen molar-refractivity contribution in [3.05, 3.63) is 35.4 Å². The van der Waals surface area contributed by atoms with Crippen molar-refractivity contribution < 1.29 is 12.6 Å². The molecule has 0 heterocycles. The number of nitrogens with one attached hydrogen (secondary N) is 1. The van der Waals surface area contributed by atoms with Crippen molar-refractivity contribution in [3.8, 4) is 0 Å². The summed E-state index contributed by atoms with van der Waals surface area (Å²) in [4.78, 5) is 0. The third-order valence-electron chi connectivity index (χ3n) is 2.81. The van der Waals surface area contributed by atoms with Crippen LogP contribution in [-0.4, -0.2) is 21.6 Å². The van der Waals surface area contributed by atoms with E-state index in [1.807, 2.05) is 18.2 Å². The van der Waals surface area contributed by atoms with Crippen LogP contribution >= 0.6 is 0 Å². The summed E-state index contributed by atoms with van der Waals surface area (Å²) < 4.78 is 29.7. The van der Waals surface area contributed by atoms with E-state index in [1.165, 1.54) is 18.2 Å². The Labute approximate surface area is 95.9 Å². The van der Waals surface area contributed by atoms with Gasteiger partial charge < -0.3 is 0 Å². The molecular formula is C11H15NO3S. The Morgan fingerprint density at radius 2 is 2.00 bits per heavy atom. The van der Waals surface area contributed by atoms with Gasteiger partial charge in [-0.05, 0) is 24.0 Å². The second kappa shape index (κ2) is 4.53. The summed E-state index contributed by atoms with van der Waals surface area (Å²) in [6.45, 7) is 0. The Balaban J connectivity index is 2.09. The van der Waals surface area contributed by atoms with E-state index in [-0.39, 0.29) is 6.10 Å². The first-order valence-corrected chi connectivity index (χ1v) is 6.70. The number of rotatable bonds is 3. The Morgan fingerprint density at radius 1 is 1.31 bits per heavy atom. The molecule has 1 aromatic carbocycles. The molecule has 0 aromatic heterocycles. The van der Waals surface area contributed by atoms with E-state index in [2.05, 4.69) is 10.8 Å². The molecule has 4 nitrogen and oxygen atoms in total. The fraction of sp³-hybridized carbons (Fsp3) is 0.455. The van der Waals surface area contributed by atoms with E-state index in [0.717, 1.165) is 12.8 Å². The minimum atomic E-state index is -3.57. The van der Waals surface area contributed by atoms with Crippen molar-refractivity contribution in [2.45, 2.75) is 25.4 Å². The van der Waals surface area contributed by atoms with Gasteiger partial charge in [-0.25, -0.2) is 0 Å². The van der Waals surface area contributed by atoms with E-state index < -0.39 is 10.3 Å². The highest BCUT2D eigenvalue weighted by molar-refractivity contribution is 7.84. The molecule has 1 aliphatic rings. The van der Waals surface area contributed by atoms with Crippen LogP contribution in [0.2, 0.25) is 0 Å². The summed E-state index contributed by atoms with van der Waals surface area (Å²) in [7, 11) is -2.22. The fourth-order valence-electron chi connectivity index (χ4n) is 1.97. The fourth-order valence-corrected chi connectivity index (χ4v) is 2.59. The molecule has 0 radical (unpaired) electrons. The maximum absolute atomic E-state index is 11.2. The van der Waals surface area contributed by atoms with E-state index in [0.29, 0.717) is 6.42 Å². The van der Waals surface area contributed by atoms with Gasteiger partial charge in [0, 0.05) is 13.5 Å². The number of benzene rings is 1. The van der Waals surface area contributed by atoms with Crippen molar-refractivity contribution in [1.82, 2.24) is 4.72 Å². The summed E-state index contributed by atoms with van der Waals surface area (Å²) in [5.74, 6) is 0. The van der Waals surface area contributed by atoms with Crippen LogP contribution in [0.3, 0.4) is 0 Å². The molecule has 16 heavy (non-hydrogen) atoms. The lowest BCUT2D eigenvalue weighted by Crippen LogP contribution is -2.31. The van der Waals surface area contributed by atoms with Gasteiger partial charge in [-0.3, -0.25) is 4.18 Å². The number of hydrogen-bond donors (Lipinski definition) is 1. The van der Waals surface area contributed by atoms with Crippen molar-refractivity contribution in [1.29, 1.82) is 0 Å². The minimum Gasteiger partial charge on any atom is -0.254 e. The Bertz CT molecular complexity index is 470. The standard InChI is InChI=1S/C11H15NO3S/c1-12-16(13,14)15-11-7-6-9-4-2-3-5-10(9)8-11/h2-5,11-12H,6-8H2,1H3. The third kappa shape index (κ3) is 2.61. The SMILES string of the molecule is CNS(=O)(=O)OC1CCc2ccccc2C1. The Hall–Kier alpha value is -0.910. The average molecular weight is 241 g/mol. The maximum atomic E-state index is 11.2. The van der Waals surface area contributed by atoms with Crippen LogP contribution in [0.4, 0.5) is 0 Å². The highest BCUT2D eigenvalue weighted by Crippen LogP contribution is 2.23. The van der Waals surface area contributed by atoms with Gasteiger partial charge in [0.15, 0.2) is 0 Å². The molecule has 0 aliphatic heterocycles. The highest BCUT2D eigenvalue weighted by Gasteiger charge is 2.23. The van der Waals surface area contributed by atoms with Gasteiger partial charge >= 0.3 is 10.3 Å². The first kappa shape index (κ1) is 11.6. The van der Waals surface area contributed by atoms with Crippen molar-refractivity contribution in [3.63, 3.8) is 0 Å². The summed E-state index contributed by atoms with van der Waals surface area (Å²) in [5.41, 5.74) is 2.48. The zero-order chi connectivity index (χ0) is 11.6. The monoisotopic (exact) mass is 241 g/mol. The zero-order valence-electron chi connectivity index (χ0n) is 9.14. The first-order valence-electron chi connectivity index (χ1n) is 5.29. The summed E-state index contributed by atoms with van der Waals surface area (Å²) in [6, 6.07) is 8.08. The molecule has 1 aliphatic carbocycles. The number of aryl methyl sites for hydroxylation is 1. The van der Waals surface area contributed by atoms with Crippen LogP contribution in [0.5, 0.6) is 0 Å². The van der Waals surface area contributed by atoms with Gasteiger partial charge in [0.2, 0.25) is 0 Å². The lowest BCUT2D eigenvalue weighted by Gasteiger charge is -2.23. The molecular weight excluding hydrogens is 226 g/mol. The van der Waals surface area contributed by atoms with Gasteiger partial charge in [0.05, 0.1) is 6.10 Å². The van der Waals surface area contributed by atoms with Gasteiger partial charge in [-0.15, -0.1) is 0 Å². The summed E-state index contributed by atoms with van der Waals surface area (Å²) >= 11 is 0. The van der Waals surface area contributed by atoms with Crippen molar-refractivity contribution in [2.75, 3.05) is 7.05 Å². The van der Waals surface area contributed by atoms with Gasteiger partial charge in [-0.1, -0.05) is 24.3 Å². The first-order chi connectivity index (χ1) is 7.61. The van der Waals surface area contributed by atoms with Crippen LogP contribution < -0.4 is 4.72 Å². The van der Waals surface area contributed by atoms with Gasteiger partial charge in [0.1, 0.15) is 0 Å². The van der Waals surface area contributed by atoms with Crippen molar-refractivity contribution >= 4 is 10.3 Å². The smallest absolute Gasteiger partial charge is 0.254 e. The Morgan fingerprint density at radius 3 is 2.69 bits per heavy atom. The largest absolute Gasteiger partial charge is 0.335 e.